The van der Waals surface area contributed by atoms with E-state index in [2.05, 4.69) is 26.1 Å². The third kappa shape index (κ3) is 7.38. The molecule has 0 aliphatic heterocycles. The number of hydrogen-bond acceptors (Lipinski definition) is 2. The normalized spacial score (nSPS) is 25.3. The molecule has 2 heteroatoms. The second kappa shape index (κ2) is 9.80. The fraction of sp³-hybridized carbons (Fsp3) is 1.00. The van der Waals surface area contributed by atoms with Crippen molar-refractivity contribution in [3.05, 3.63) is 0 Å². The van der Waals surface area contributed by atoms with E-state index < -0.39 is 0 Å². The van der Waals surface area contributed by atoms with Crippen molar-refractivity contribution < 1.29 is 4.74 Å². The number of nitrogens with one attached hydrogen (secondary N) is 1. The van der Waals surface area contributed by atoms with Crippen LogP contribution in [0.5, 0.6) is 0 Å². The molecule has 0 spiro atoms. The van der Waals surface area contributed by atoms with Gasteiger partial charge in [-0.05, 0) is 58.4 Å². The van der Waals surface area contributed by atoms with Gasteiger partial charge in [-0.25, -0.2) is 0 Å². The van der Waals surface area contributed by atoms with E-state index in [9.17, 15) is 0 Å². The summed E-state index contributed by atoms with van der Waals surface area (Å²) in [5.74, 6) is 0.997. The molecular formula is C16H33NO. The lowest BCUT2D eigenvalue weighted by Crippen LogP contribution is -2.29. The van der Waals surface area contributed by atoms with E-state index >= 15 is 0 Å². The Balaban J connectivity index is 1.98. The van der Waals surface area contributed by atoms with Crippen LogP contribution in [-0.2, 0) is 4.74 Å². The van der Waals surface area contributed by atoms with Gasteiger partial charge in [-0.3, -0.25) is 0 Å². The van der Waals surface area contributed by atoms with Gasteiger partial charge in [0, 0.05) is 12.6 Å². The quantitative estimate of drug-likeness (QED) is 0.520. The molecule has 1 aliphatic carbocycles. The molecule has 2 atom stereocenters. The summed E-state index contributed by atoms with van der Waals surface area (Å²) in [7, 11) is 0. The van der Waals surface area contributed by atoms with Gasteiger partial charge in [0.05, 0.1) is 6.10 Å². The van der Waals surface area contributed by atoms with Crippen molar-refractivity contribution in [2.24, 2.45) is 5.92 Å². The molecule has 0 radical (unpaired) electrons. The highest BCUT2D eigenvalue weighted by molar-refractivity contribution is 4.74. The van der Waals surface area contributed by atoms with Crippen LogP contribution < -0.4 is 5.32 Å². The molecule has 1 fully saturated rings. The summed E-state index contributed by atoms with van der Waals surface area (Å²) in [6.45, 7) is 8.64. The van der Waals surface area contributed by atoms with Crippen LogP contribution in [0.15, 0.2) is 0 Å². The van der Waals surface area contributed by atoms with Crippen LogP contribution >= 0.6 is 0 Å². The van der Waals surface area contributed by atoms with Crippen molar-refractivity contribution in [1.29, 1.82) is 0 Å². The first-order chi connectivity index (χ1) is 8.72. The predicted octanol–water partition coefficient (Wildman–Crippen LogP) is 4.14. The molecular weight excluding hydrogens is 222 g/mol. The zero-order valence-corrected chi connectivity index (χ0v) is 12.7. The molecule has 0 aromatic carbocycles. The Bertz CT molecular complexity index is 194. The van der Waals surface area contributed by atoms with E-state index in [0.717, 1.165) is 18.6 Å². The monoisotopic (exact) mass is 255 g/mol. The van der Waals surface area contributed by atoms with Gasteiger partial charge in [0.1, 0.15) is 0 Å². The van der Waals surface area contributed by atoms with Crippen molar-refractivity contribution in [2.45, 2.75) is 84.3 Å². The molecule has 0 bridgehead atoms. The molecule has 0 aromatic rings. The molecule has 1 rings (SSSR count). The fourth-order valence-corrected chi connectivity index (χ4v) is 2.84. The Kier molecular flexibility index (Phi) is 8.70. The van der Waals surface area contributed by atoms with Gasteiger partial charge < -0.3 is 10.1 Å². The van der Waals surface area contributed by atoms with Crippen LogP contribution in [-0.4, -0.2) is 25.3 Å². The zero-order valence-electron chi connectivity index (χ0n) is 12.7. The van der Waals surface area contributed by atoms with E-state index in [1.807, 2.05) is 0 Å². The van der Waals surface area contributed by atoms with Crippen molar-refractivity contribution in [3.63, 3.8) is 0 Å². The van der Waals surface area contributed by atoms with Gasteiger partial charge in [0.25, 0.3) is 0 Å². The Labute approximate surface area is 114 Å². The number of rotatable bonds is 8. The molecule has 1 aliphatic rings. The van der Waals surface area contributed by atoms with Gasteiger partial charge in [-0.2, -0.15) is 0 Å². The van der Waals surface area contributed by atoms with E-state index in [0.29, 0.717) is 6.10 Å². The number of unbranched alkanes of at least 4 members (excludes halogenated alkanes) is 1. The van der Waals surface area contributed by atoms with Crippen LogP contribution in [0.25, 0.3) is 0 Å². The second-order valence-corrected chi connectivity index (χ2v) is 6.06. The highest BCUT2D eigenvalue weighted by atomic mass is 16.5. The van der Waals surface area contributed by atoms with Crippen LogP contribution in [0, 0.1) is 5.92 Å². The molecule has 1 saturated carbocycles. The predicted molar refractivity (Wildman–Crippen MR) is 79.0 cm³/mol. The summed E-state index contributed by atoms with van der Waals surface area (Å²) in [4.78, 5) is 0. The van der Waals surface area contributed by atoms with E-state index in [-0.39, 0.29) is 0 Å². The standard InChI is InChI=1S/C16H33NO/c1-4-15-8-7-9-16(11-10-15)17-12-5-6-13-18-14(2)3/h14-17H,4-13H2,1-3H3. The van der Waals surface area contributed by atoms with Crippen molar-refractivity contribution in [2.75, 3.05) is 13.2 Å². The van der Waals surface area contributed by atoms with Crippen LogP contribution in [0.2, 0.25) is 0 Å². The number of ether oxygens (including phenoxy) is 1. The molecule has 2 unspecified atom stereocenters. The van der Waals surface area contributed by atoms with Crippen LogP contribution in [0.3, 0.4) is 0 Å². The summed E-state index contributed by atoms with van der Waals surface area (Å²) < 4.78 is 5.55. The first-order valence-electron chi connectivity index (χ1n) is 8.07. The van der Waals surface area contributed by atoms with Crippen molar-refractivity contribution in [1.82, 2.24) is 5.32 Å². The number of hydrogen-bond donors (Lipinski definition) is 1. The topological polar surface area (TPSA) is 21.3 Å². The van der Waals surface area contributed by atoms with E-state index in [1.54, 1.807) is 0 Å². The summed E-state index contributed by atoms with van der Waals surface area (Å²) in [5.41, 5.74) is 0. The van der Waals surface area contributed by atoms with Gasteiger partial charge in [0.2, 0.25) is 0 Å². The lowest BCUT2D eigenvalue weighted by Gasteiger charge is -2.16. The molecule has 108 valence electrons. The first-order valence-corrected chi connectivity index (χ1v) is 8.07. The maximum Gasteiger partial charge on any atom is 0.0518 e. The summed E-state index contributed by atoms with van der Waals surface area (Å²) in [5, 5.41) is 3.74. The smallest absolute Gasteiger partial charge is 0.0518 e. The second-order valence-electron chi connectivity index (χ2n) is 6.06. The van der Waals surface area contributed by atoms with E-state index in [1.165, 1.54) is 57.9 Å². The Morgan fingerprint density at radius 1 is 1.11 bits per heavy atom. The third-order valence-corrected chi connectivity index (χ3v) is 4.12. The Morgan fingerprint density at radius 3 is 2.67 bits per heavy atom. The van der Waals surface area contributed by atoms with Crippen LogP contribution in [0.4, 0.5) is 0 Å². The largest absolute Gasteiger partial charge is 0.379 e. The average molecular weight is 255 g/mol. The van der Waals surface area contributed by atoms with Gasteiger partial charge in [-0.1, -0.05) is 26.2 Å². The SMILES string of the molecule is CCC1CCCC(NCCCCOC(C)C)CC1. The van der Waals surface area contributed by atoms with Crippen molar-refractivity contribution >= 4 is 0 Å². The summed E-state index contributed by atoms with van der Waals surface area (Å²) >= 11 is 0. The molecule has 2 nitrogen and oxygen atoms in total. The maximum atomic E-state index is 5.55. The molecule has 0 saturated heterocycles. The Morgan fingerprint density at radius 2 is 1.94 bits per heavy atom. The van der Waals surface area contributed by atoms with Gasteiger partial charge in [0.15, 0.2) is 0 Å². The lowest BCUT2D eigenvalue weighted by atomic mass is 9.98. The average Bonchev–Trinajstić information content (AvgIpc) is 2.58. The molecule has 18 heavy (non-hydrogen) atoms. The van der Waals surface area contributed by atoms with Gasteiger partial charge in [-0.15, -0.1) is 0 Å². The minimum Gasteiger partial charge on any atom is -0.379 e. The van der Waals surface area contributed by atoms with E-state index in [4.69, 9.17) is 4.74 Å². The zero-order chi connectivity index (χ0) is 13.2. The minimum atomic E-state index is 0.380. The highest BCUT2D eigenvalue weighted by Crippen LogP contribution is 2.25. The lowest BCUT2D eigenvalue weighted by molar-refractivity contribution is 0.0759. The molecule has 0 aromatic heterocycles. The highest BCUT2D eigenvalue weighted by Gasteiger charge is 2.16. The molecule has 0 heterocycles. The van der Waals surface area contributed by atoms with Crippen molar-refractivity contribution in [3.8, 4) is 0 Å². The van der Waals surface area contributed by atoms with Gasteiger partial charge >= 0.3 is 0 Å². The summed E-state index contributed by atoms with van der Waals surface area (Å²) in [6, 6.07) is 0.785. The van der Waals surface area contributed by atoms with Crippen LogP contribution in [0.1, 0.15) is 72.1 Å². The Hall–Kier alpha value is -0.0800. The summed E-state index contributed by atoms with van der Waals surface area (Å²) in [6.07, 6.45) is 11.3. The third-order valence-electron chi connectivity index (χ3n) is 4.12. The maximum absolute atomic E-state index is 5.55. The molecule has 0 amide bonds. The first kappa shape index (κ1) is 16.0. The molecule has 1 N–H and O–H groups in total. The minimum absolute atomic E-state index is 0.380. The fourth-order valence-electron chi connectivity index (χ4n) is 2.84.